The van der Waals surface area contributed by atoms with E-state index < -0.39 is 10.0 Å². The molecule has 3 aromatic rings. The van der Waals surface area contributed by atoms with E-state index in [4.69, 9.17) is 4.74 Å². The third kappa shape index (κ3) is 3.89. The fourth-order valence-electron chi connectivity index (χ4n) is 3.42. The first-order chi connectivity index (χ1) is 14.0. The highest BCUT2D eigenvalue weighted by Crippen LogP contribution is 2.24. The first-order valence-electron chi connectivity index (χ1n) is 9.42. The van der Waals surface area contributed by atoms with Gasteiger partial charge in [-0.2, -0.15) is 4.31 Å². The fraction of sp³-hybridized carbons (Fsp3) is 0.227. The van der Waals surface area contributed by atoms with Crippen LogP contribution in [-0.4, -0.2) is 52.0 Å². The molecule has 1 aliphatic rings. The van der Waals surface area contributed by atoms with Crippen molar-refractivity contribution < 1.29 is 17.9 Å². The zero-order valence-corrected chi connectivity index (χ0v) is 16.9. The number of ether oxygens (including phenoxy) is 1. The van der Waals surface area contributed by atoms with Gasteiger partial charge >= 0.3 is 0 Å². The van der Waals surface area contributed by atoms with Crippen molar-refractivity contribution in [3.05, 3.63) is 72.3 Å². The number of fused-ring (bicyclic) bond motifs is 1. The Morgan fingerprint density at radius 2 is 1.66 bits per heavy atom. The van der Waals surface area contributed by atoms with E-state index in [1.807, 2.05) is 42.5 Å². The van der Waals surface area contributed by atoms with E-state index in [-0.39, 0.29) is 10.8 Å². The minimum atomic E-state index is -3.65. The Morgan fingerprint density at radius 1 is 0.931 bits per heavy atom. The molecule has 0 saturated carbocycles. The topological polar surface area (TPSA) is 66.9 Å². The average Bonchev–Trinajstić information content (AvgIpc) is 2.78. The Morgan fingerprint density at radius 3 is 2.41 bits per heavy atom. The van der Waals surface area contributed by atoms with Crippen molar-refractivity contribution in [2.45, 2.75) is 4.90 Å². The Hall–Kier alpha value is -2.74. The molecule has 1 heterocycles. The normalized spacial score (nSPS) is 15.3. The fourth-order valence-corrected chi connectivity index (χ4v) is 4.88. The summed E-state index contributed by atoms with van der Waals surface area (Å²) in [5, 5.41) is 2.13. The number of rotatable bonds is 4. The SMILES string of the molecule is CN(C(=O)c1cccc(S(=O)(=O)N2CCOCC2)c1)c1ccc2ccccc2c1. The summed E-state index contributed by atoms with van der Waals surface area (Å²) in [4.78, 5) is 14.7. The van der Waals surface area contributed by atoms with E-state index >= 15 is 0 Å². The zero-order chi connectivity index (χ0) is 20.4. The first kappa shape index (κ1) is 19.6. The molecule has 29 heavy (non-hydrogen) atoms. The molecule has 0 aromatic heterocycles. The number of hydrogen-bond acceptors (Lipinski definition) is 4. The summed E-state index contributed by atoms with van der Waals surface area (Å²) in [6.07, 6.45) is 0. The second-order valence-electron chi connectivity index (χ2n) is 6.94. The van der Waals surface area contributed by atoms with Gasteiger partial charge < -0.3 is 9.64 Å². The molecule has 0 N–H and O–H groups in total. The largest absolute Gasteiger partial charge is 0.379 e. The van der Waals surface area contributed by atoms with Crippen LogP contribution in [0.2, 0.25) is 0 Å². The molecule has 0 unspecified atom stereocenters. The van der Waals surface area contributed by atoms with Gasteiger partial charge in [0, 0.05) is 31.4 Å². The smallest absolute Gasteiger partial charge is 0.258 e. The maximum Gasteiger partial charge on any atom is 0.258 e. The van der Waals surface area contributed by atoms with Crippen molar-refractivity contribution in [2.24, 2.45) is 0 Å². The molecule has 3 aromatic carbocycles. The predicted octanol–water partition coefficient (Wildman–Crippen LogP) is 3.14. The van der Waals surface area contributed by atoms with Crippen LogP contribution in [0.5, 0.6) is 0 Å². The second-order valence-corrected chi connectivity index (χ2v) is 8.88. The molecule has 150 valence electrons. The highest BCUT2D eigenvalue weighted by Gasteiger charge is 2.27. The van der Waals surface area contributed by atoms with Crippen molar-refractivity contribution in [3.8, 4) is 0 Å². The lowest BCUT2D eigenvalue weighted by Gasteiger charge is -2.26. The van der Waals surface area contributed by atoms with Gasteiger partial charge in [-0.05, 0) is 41.1 Å². The third-order valence-electron chi connectivity index (χ3n) is 5.11. The minimum Gasteiger partial charge on any atom is -0.379 e. The highest BCUT2D eigenvalue weighted by atomic mass is 32.2. The van der Waals surface area contributed by atoms with Crippen LogP contribution in [0.4, 0.5) is 5.69 Å². The lowest BCUT2D eigenvalue weighted by atomic mass is 10.1. The lowest BCUT2D eigenvalue weighted by Crippen LogP contribution is -2.40. The molecule has 1 amide bonds. The van der Waals surface area contributed by atoms with Crippen LogP contribution in [0.1, 0.15) is 10.4 Å². The number of sulfonamides is 1. The molecule has 1 fully saturated rings. The summed E-state index contributed by atoms with van der Waals surface area (Å²) in [6, 6.07) is 19.9. The highest BCUT2D eigenvalue weighted by molar-refractivity contribution is 7.89. The minimum absolute atomic E-state index is 0.122. The third-order valence-corrected chi connectivity index (χ3v) is 7.01. The number of benzene rings is 3. The van der Waals surface area contributed by atoms with Gasteiger partial charge in [-0.25, -0.2) is 8.42 Å². The Kier molecular flexibility index (Phi) is 5.36. The summed E-state index contributed by atoms with van der Waals surface area (Å²) in [6.45, 7) is 1.39. The van der Waals surface area contributed by atoms with Gasteiger partial charge in [0.2, 0.25) is 10.0 Å². The monoisotopic (exact) mass is 410 g/mol. The van der Waals surface area contributed by atoms with Crippen LogP contribution in [0.3, 0.4) is 0 Å². The van der Waals surface area contributed by atoms with Gasteiger partial charge in [0.1, 0.15) is 0 Å². The van der Waals surface area contributed by atoms with Gasteiger partial charge in [0.25, 0.3) is 5.91 Å². The second kappa shape index (κ2) is 7.94. The Bertz CT molecular complexity index is 1150. The van der Waals surface area contributed by atoms with Crippen LogP contribution < -0.4 is 4.90 Å². The van der Waals surface area contributed by atoms with Crippen molar-refractivity contribution in [1.29, 1.82) is 0 Å². The van der Waals surface area contributed by atoms with E-state index in [0.29, 0.717) is 31.9 Å². The van der Waals surface area contributed by atoms with Crippen LogP contribution in [-0.2, 0) is 14.8 Å². The molecule has 1 aliphatic heterocycles. The number of anilines is 1. The standard InChI is InChI=1S/C22H22N2O4S/c1-23(20-10-9-17-5-2-3-6-18(17)15-20)22(25)19-7-4-8-21(16-19)29(26,27)24-11-13-28-14-12-24/h2-10,15-16H,11-14H2,1H3. The summed E-state index contributed by atoms with van der Waals surface area (Å²) >= 11 is 0. The number of nitrogens with zero attached hydrogens (tertiary/aromatic N) is 2. The average molecular weight is 410 g/mol. The first-order valence-corrected chi connectivity index (χ1v) is 10.9. The van der Waals surface area contributed by atoms with E-state index in [0.717, 1.165) is 16.5 Å². The van der Waals surface area contributed by atoms with Crippen molar-refractivity contribution in [1.82, 2.24) is 4.31 Å². The van der Waals surface area contributed by atoms with Crippen molar-refractivity contribution in [3.63, 3.8) is 0 Å². The number of carbonyl (C=O) groups is 1. The summed E-state index contributed by atoms with van der Waals surface area (Å²) < 4.78 is 32.4. The Labute approximate surface area is 170 Å². The molecule has 0 bridgehead atoms. The maximum absolute atomic E-state index is 13.0. The van der Waals surface area contributed by atoms with Crippen molar-refractivity contribution >= 4 is 32.4 Å². The van der Waals surface area contributed by atoms with Gasteiger partial charge in [-0.3, -0.25) is 4.79 Å². The number of amides is 1. The molecule has 7 heteroatoms. The summed E-state index contributed by atoms with van der Waals surface area (Å²) in [5.41, 5.74) is 1.07. The van der Waals surface area contributed by atoms with E-state index in [1.165, 1.54) is 21.3 Å². The molecule has 6 nitrogen and oxygen atoms in total. The molecular formula is C22H22N2O4S. The van der Waals surface area contributed by atoms with Gasteiger partial charge in [-0.15, -0.1) is 0 Å². The molecule has 1 saturated heterocycles. The van der Waals surface area contributed by atoms with E-state index in [9.17, 15) is 13.2 Å². The summed E-state index contributed by atoms with van der Waals surface area (Å²) in [5.74, 6) is -0.265. The van der Waals surface area contributed by atoms with Crippen LogP contribution in [0.15, 0.2) is 71.6 Å². The van der Waals surface area contributed by atoms with Crippen LogP contribution in [0, 0.1) is 0 Å². The molecule has 0 spiro atoms. The molecule has 0 radical (unpaired) electrons. The van der Waals surface area contributed by atoms with Gasteiger partial charge in [-0.1, -0.05) is 36.4 Å². The van der Waals surface area contributed by atoms with E-state index in [2.05, 4.69) is 0 Å². The van der Waals surface area contributed by atoms with E-state index in [1.54, 1.807) is 19.2 Å². The summed E-state index contributed by atoms with van der Waals surface area (Å²) in [7, 11) is -1.96. The molecule has 0 aliphatic carbocycles. The Balaban J connectivity index is 1.62. The predicted molar refractivity (Wildman–Crippen MR) is 113 cm³/mol. The molecule has 4 rings (SSSR count). The van der Waals surface area contributed by atoms with Gasteiger partial charge in [0.05, 0.1) is 18.1 Å². The molecule has 0 atom stereocenters. The van der Waals surface area contributed by atoms with Crippen LogP contribution in [0.25, 0.3) is 10.8 Å². The number of hydrogen-bond donors (Lipinski definition) is 0. The van der Waals surface area contributed by atoms with Crippen LogP contribution >= 0.6 is 0 Å². The van der Waals surface area contributed by atoms with Crippen molar-refractivity contribution in [2.75, 3.05) is 38.3 Å². The van der Waals surface area contributed by atoms with Gasteiger partial charge in [0.15, 0.2) is 0 Å². The number of carbonyl (C=O) groups excluding carboxylic acids is 1. The molecular weight excluding hydrogens is 388 g/mol. The quantitative estimate of drug-likeness (QED) is 0.663. The maximum atomic E-state index is 13.0. The lowest BCUT2D eigenvalue weighted by molar-refractivity contribution is 0.0730. The zero-order valence-electron chi connectivity index (χ0n) is 16.1. The number of morpholine rings is 1.